The van der Waals surface area contributed by atoms with Crippen LogP contribution in [0.15, 0.2) is 0 Å². The Labute approximate surface area is 125 Å². The van der Waals surface area contributed by atoms with Gasteiger partial charge in [0.1, 0.15) is 11.9 Å². The molecular weight excluding hydrogens is 298 g/mol. The van der Waals surface area contributed by atoms with Gasteiger partial charge in [-0.1, -0.05) is 12.8 Å². The summed E-state index contributed by atoms with van der Waals surface area (Å²) >= 11 is 0. The second-order valence-corrected chi connectivity index (χ2v) is 7.20. The monoisotopic (exact) mass is 321 g/mol. The van der Waals surface area contributed by atoms with Crippen LogP contribution in [0.5, 0.6) is 0 Å². The van der Waals surface area contributed by atoms with Crippen molar-refractivity contribution in [1.29, 1.82) is 0 Å². The van der Waals surface area contributed by atoms with Gasteiger partial charge in [-0.2, -0.15) is 8.42 Å². The van der Waals surface area contributed by atoms with E-state index in [2.05, 4.69) is 0 Å². The van der Waals surface area contributed by atoms with Gasteiger partial charge in [-0.05, 0) is 12.8 Å². The molecule has 0 aromatic heterocycles. The number of carbonyl (C=O) groups excluding carboxylic acids is 1. The highest BCUT2D eigenvalue weighted by molar-refractivity contribution is 7.85. The fraction of sp³-hybridized carbons (Fsp3) is 0.923. The van der Waals surface area contributed by atoms with Gasteiger partial charge < -0.3 is 9.47 Å². The van der Waals surface area contributed by atoms with Crippen molar-refractivity contribution >= 4 is 16.1 Å². The molecule has 1 aliphatic carbocycles. The summed E-state index contributed by atoms with van der Waals surface area (Å²) in [5.41, 5.74) is 0. The van der Waals surface area contributed by atoms with Gasteiger partial charge in [0.05, 0.1) is 19.1 Å². The van der Waals surface area contributed by atoms with Crippen LogP contribution in [-0.2, 0) is 24.4 Å². The minimum atomic E-state index is -4.18. The van der Waals surface area contributed by atoms with Crippen LogP contribution in [-0.4, -0.2) is 68.5 Å². The van der Waals surface area contributed by atoms with Crippen LogP contribution in [0.4, 0.5) is 0 Å². The van der Waals surface area contributed by atoms with E-state index in [0.717, 1.165) is 25.7 Å². The number of carbonyl (C=O) groups is 1. The van der Waals surface area contributed by atoms with Gasteiger partial charge in [0.2, 0.25) is 0 Å². The van der Waals surface area contributed by atoms with Crippen molar-refractivity contribution in [2.75, 3.05) is 38.6 Å². The lowest BCUT2D eigenvalue weighted by atomic mass is 10.1. The highest BCUT2D eigenvalue weighted by atomic mass is 32.2. The second kappa shape index (κ2) is 7.53. The fourth-order valence-electron chi connectivity index (χ4n) is 2.85. The number of esters is 1. The first-order valence-electron chi connectivity index (χ1n) is 7.40. The van der Waals surface area contributed by atoms with Gasteiger partial charge in [-0.25, -0.2) is 0 Å². The average molecular weight is 321 g/mol. The molecule has 1 atom stereocenters. The average Bonchev–Trinajstić information content (AvgIpc) is 2.91. The minimum Gasteiger partial charge on any atom is -0.460 e. The minimum absolute atomic E-state index is 0.126. The maximum atomic E-state index is 12.0. The van der Waals surface area contributed by atoms with Crippen molar-refractivity contribution in [1.82, 2.24) is 4.90 Å². The number of morpholine rings is 1. The van der Waals surface area contributed by atoms with E-state index in [0.29, 0.717) is 32.8 Å². The van der Waals surface area contributed by atoms with Gasteiger partial charge in [0.25, 0.3) is 10.1 Å². The van der Waals surface area contributed by atoms with Crippen molar-refractivity contribution in [2.24, 2.45) is 5.92 Å². The van der Waals surface area contributed by atoms with Crippen LogP contribution < -0.4 is 0 Å². The van der Waals surface area contributed by atoms with Crippen LogP contribution >= 0.6 is 0 Å². The standard InChI is InChI=1S/C13H23NO6S/c15-13(11-3-1-2-4-11)20-12(10-21(16,17)18)9-14-5-7-19-8-6-14/h11-12H,1-10H2,(H,16,17,18). The summed E-state index contributed by atoms with van der Waals surface area (Å²) in [5, 5.41) is 0. The third kappa shape index (κ3) is 5.90. The Morgan fingerprint density at radius 1 is 1.29 bits per heavy atom. The molecule has 122 valence electrons. The topological polar surface area (TPSA) is 93.1 Å². The summed E-state index contributed by atoms with van der Waals surface area (Å²) in [4.78, 5) is 14.0. The Morgan fingerprint density at radius 3 is 2.48 bits per heavy atom. The van der Waals surface area contributed by atoms with E-state index in [1.165, 1.54) is 0 Å². The van der Waals surface area contributed by atoms with Gasteiger partial charge in [0, 0.05) is 19.6 Å². The summed E-state index contributed by atoms with van der Waals surface area (Å²) in [6, 6.07) is 0. The lowest BCUT2D eigenvalue weighted by Crippen LogP contribution is -2.44. The first kappa shape index (κ1) is 16.7. The number of hydrogen-bond acceptors (Lipinski definition) is 6. The maximum Gasteiger partial charge on any atom is 0.309 e. The van der Waals surface area contributed by atoms with Crippen LogP contribution in [0, 0.1) is 5.92 Å². The normalized spacial score (nSPS) is 23.1. The highest BCUT2D eigenvalue weighted by Crippen LogP contribution is 2.26. The first-order valence-corrected chi connectivity index (χ1v) is 9.01. The molecule has 2 rings (SSSR count). The quantitative estimate of drug-likeness (QED) is 0.556. The van der Waals surface area contributed by atoms with E-state index in [4.69, 9.17) is 14.0 Å². The van der Waals surface area contributed by atoms with Gasteiger partial charge in [-0.15, -0.1) is 0 Å². The van der Waals surface area contributed by atoms with Crippen molar-refractivity contribution < 1.29 is 27.2 Å². The zero-order valence-corrected chi connectivity index (χ0v) is 12.9. The number of hydrogen-bond donors (Lipinski definition) is 1. The molecule has 1 saturated carbocycles. The molecule has 8 heteroatoms. The van der Waals surface area contributed by atoms with E-state index in [1.54, 1.807) is 0 Å². The summed E-state index contributed by atoms with van der Waals surface area (Å²) < 4.78 is 41.8. The molecule has 1 heterocycles. The van der Waals surface area contributed by atoms with Crippen LogP contribution in [0.1, 0.15) is 25.7 Å². The van der Waals surface area contributed by atoms with Crippen LogP contribution in [0.3, 0.4) is 0 Å². The summed E-state index contributed by atoms with van der Waals surface area (Å²) in [7, 11) is -4.18. The Hall–Kier alpha value is -0.700. The molecular formula is C13H23NO6S. The second-order valence-electron chi connectivity index (χ2n) is 5.70. The van der Waals surface area contributed by atoms with E-state index in [1.807, 2.05) is 4.90 Å². The van der Waals surface area contributed by atoms with Crippen molar-refractivity contribution in [3.05, 3.63) is 0 Å². The predicted molar refractivity (Wildman–Crippen MR) is 75.5 cm³/mol. The summed E-state index contributed by atoms with van der Waals surface area (Å²) in [6.07, 6.45) is 2.79. The van der Waals surface area contributed by atoms with E-state index < -0.39 is 22.0 Å². The highest BCUT2D eigenvalue weighted by Gasteiger charge is 2.29. The molecule has 1 aliphatic heterocycles. The molecule has 1 N–H and O–H groups in total. The molecule has 1 unspecified atom stereocenters. The smallest absolute Gasteiger partial charge is 0.309 e. The van der Waals surface area contributed by atoms with Gasteiger partial charge in [0.15, 0.2) is 0 Å². The molecule has 1 saturated heterocycles. The zero-order chi connectivity index (χ0) is 15.3. The first-order chi connectivity index (χ1) is 9.94. The number of nitrogens with zero attached hydrogens (tertiary/aromatic N) is 1. The summed E-state index contributed by atoms with van der Waals surface area (Å²) in [6.45, 7) is 2.80. The molecule has 0 aromatic rings. The van der Waals surface area contributed by atoms with Crippen molar-refractivity contribution in [3.63, 3.8) is 0 Å². The maximum absolute atomic E-state index is 12.0. The fourth-order valence-corrected chi connectivity index (χ4v) is 3.50. The van der Waals surface area contributed by atoms with Gasteiger partial charge >= 0.3 is 5.97 Å². The molecule has 2 aliphatic rings. The van der Waals surface area contributed by atoms with Gasteiger partial charge in [-0.3, -0.25) is 14.2 Å². The number of ether oxygens (including phenoxy) is 2. The Balaban J connectivity index is 1.92. The Kier molecular flexibility index (Phi) is 5.98. The van der Waals surface area contributed by atoms with Crippen LogP contribution in [0.2, 0.25) is 0 Å². The largest absolute Gasteiger partial charge is 0.460 e. The van der Waals surface area contributed by atoms with E-state index in [-0.39, 0.29) is 11.9 Å². The molecule has 0 bridgehead atoms. The lowest BCUT2D eigenvalue weighted by molar-refractivity contribution is -0.154. The predicted octanol–water partition coefficient (Wildman–Crippen LogP) is 0.308. The number of rotatable bonds is 6. The lowest BCUT2D eigenvalue weighted by Gasteiger charge is -2.30. The molecule has 2 fully saturated rings. The van der Waals surface area contributed by atoms with Crippen LogP contribution in [0.25, 0.3) is 0 Å². The molecule has 0 amide bonds. The third-order valence-corrected chi connectivity index (χ3v) is 4.73. The molecule has 7 nitrogen and oxygen atoms in total. The van der Waals surface area contributed by atoms with E-state index >= 15 is 0 Å². The zero-order valence-electron chi connectivity index (χ0n) is 12.1. The SMILES string of the molecule is O=C(OC(CN1CCOCC1)CS(=O)(=O)O)C1CCCC1. The van der Waals surface area contributed by atoms with Crippen molar-refractivity contribution in [2.45, 2.75) is 31.8 Å². The molecule has 0 aromatic carbocycles. The summed E-state index contributed by atoms with van der Waals surface area (Å²) in [5.74, 6) is -1.02. The molecule has 0 spiro atoms. The molecule has 21 heavy (non-hydrogen) atoms. The molecule has 0 radical (unpaired) electrons. The van der Waals surface area contributed by atoms with E-state index in [9.17, 15) is 13.2 Å². The van der Waals surface area contributed by atoms with Crippen molar-refractivity contribution in [3.8, 4) is 0 Å². The Morgan fingerprint density at radius 2 is 1.90 bits per heavy atom. The third-order valence-electron chi connectivity index (χ3n) is 3.93. The Bertz CT molecular complexity index is 440.